The van der Waals surface area contributed by atoms with Gasteiger partial charge in [0.05, 0.1) is 0 Å². The van der Waals surface area contributed by atoms with E-state index >= 15 is 0 Å². The van der Waals surface area contributed by atoms with Crippen LogP contribution in [-0.2, 0) is 9.84 Å². The van der Waals surface area contributed by atoms with Crippen LogP contribution in [0.2, 0.25) is 0 Å². The predicted octanol–water partition coefficient (Wildman–Crippen LogP) is 4.14. The molecule has 1 aliphatic carbocycles. The topological polar surface area (TPSA) is 34.1 Å². The summed E-state index contributed by atoms with van der Waals surface area (Å²) in [6, 6.07) is 17.4. The molecule has 0 aromatic heterocycles. The van der Waals surface area contributed by atoms with Crippen LogP contribution in [0.5, 0.6) is 0 Å². The average molecular weight is 417 g/mol. The molecule has 0 saturated heterocycles. The minimum atomic E-state index is -3.44. The Kier molecular flexibility index (Phi) is 5.33. The monoisotopic (exact) mass is 418 g/mol. The second-order valence-corrected chi connectivity index (χ2v) is 10.9. The van der Waals surface area contributed by atoms with Gasteiger partial charge in [0.15, 0.2) is 0 Å². The first-order valence-electron chi connectivity index (χ1n) is 8.30. The molecule has 0 saturated carbocycles. The van der Waals surface area contributed by atoms with Gasteiger partial charge >= 0.3 is 157 Å². The van der Waals surface area contributed by atoms with E-state index < -0.39 is 9.84 Å². The van der Waals surface area contributed by atoms with E-state index in [4.69, 9.17) is 0 Å². The molecule has 0 aliphatic heterocycles. The third-order valence-electron chi connectivity index (χ3n) is 4.53. The SMILES string of the molecule is CC1=C(C)CC(S(=O)(=O)c2ccc(C)cc2)=C([Se]c2ccccc2)C1. The van der Waals surface area contributed by atoms with Gasteiger partial charge in [-0.3, -0.25) is 0 Å². The molecule has 4 heteroatoms. The quantitative estimate of drug-likeness (QED) is 0.554. The van der Waals surface area contributed by atoms with Crippen LogP contribution in [-0.4, -0.2) is 23.4 Å². The summed E-state index contributed by atoms with van der Waals surface area (Å²) in [6.07, 6.45) is 1.30. The van der Waals surface area contributed by atoms with Gasteiger partial charge in [-0.15, -0.1) is 0 Å². The van der Waals surface area contributed by atoms with E-state index in [0.29, 0.717) is 16.2 Å². The second-order valence-electron chi connectivity index (χ2n) is 6.49. The summed E-state index contributed by atoms with van der Waals surface area (Å²) in [7, 11) is -3.44. The van der Waals surface area contributed by atoms with Gasteiger partial charge in [0.2, 0.25) is 0 Å². The summed E-state index contributed by atoms with van der Waals surface area (Å²) in [4.78, 5) is 1.02. The van der Waals surface area contributed by atoms with Crippen LogP contribution in [0.15, 0.2) is 80.0 Å². The van der Waals surface area contributed by atoms with Gasteiger partial charge in [0.25, 0.3) is 0 Å². The molecule has 0 radical (unpaired) electrons. The van der Waals surface area contributed by atoms with E-state index in [1.165, 1.54) is 15.6 Å². The van der Waals surface area contributed by atoms with Crippen molar-refractivity contribution in [3.05, 3.63) is 80.7 Å². The predicted molar refractivity (Wildman–Crippen MR) is 105 cm³/mol. The fourth-order valence-corrected chi connectivity index (χ4v) is 7.48. The van der Waals surface area contributed by atoms with Crippen LogP contribution in [0.3, 0.4) is 0 Å². The van der Waals surface area contributed by atoms with E-state index in [-0.39, 0.29) is 15.0 Å². The minimum absolute atomic E-state index is 0.0241. The molecule has 25 heavy (non-hydrogen) atoms. The zero-order valence-corrected chi connectivity index (χ0v) is 17.3. The first-order chi connectivity index (χ1) is 11.9. The summed E-state index contributed by atoms with van der Waals surface area (Å²) in [6.45, 7) is 6.13. The maximum atomic E-state index is 13.3. The Morgan fingerprint density at radius 2 is 1.40 bits per heavy atom. The molecule has 0 spiro atoms. The van der Waals surface area contributed by atoms with Crippen molar-refractivity contribution in [2.75, 3.05) is 0 Å². The fourth-order valence-electron chi connectivity index (χ4n) is 2.81. The first-order valence-corrected chi connectivity index (χ1v) is 11.5. The summed E-state index contributed by atoms with van der Waals surface area (Å²) >= 11 is 0.0241. The number of sulfone groups is 1. The zero-order valence-electron chi connectivity index (χ0n) is 14.7. The van der Waals surface area contributed by atoms with Crippen molar-refractivity contribution in [3.8, 4) is 0 Å². The van der Waals surface area contributed by atoms with Crippen LogP contribution in [0.25, 0.3) is 0 Å². The molecule has 0 bridgehead atoms. The Morgan fingerprint density at radius 1 is 0.800 bits per heavy atom. The van der Waals surface area contributed by atoms with Crippen LogP contribution in [0.4, 0.5) is 0 Å². The maximum absolute atomic E-state index is 13.3. The Morgan fingerprint density at radius 3 is 2.04 bits per heavy atom. The summed E-state index contributed by atoms with van der Waals surface area (Å²) in [5.74, 6) is 0. The number of rotatable bonds is 4. The number of aryl methyl sites for hydroxylation is 1. The number of allylic oxidation sites excluding steroid dienone is 4. The molecule has 0 atom stereocenters. The zero-order chi connectivity index (χ0) is 18.0. The standard InChI is InChI=1S/C21H22O2SSe/c1-15-9-11-18(12-10-15)24(22,23)20-13-16(2)17(3)14-21(20)25-19-7-5-4-6-8-19/h4-12H,13-14H2,1-3H3. The Hall–Kier alpha value is -1.61. The second kappa shape index (κ2) is 7.33. The molecule has 0 amide bonds. The summed E-state index contributed by atoms with van der Waals surface area (Å²) in [5.41, 5.74) is 3.55. The Bertz CT molecular complexity index is 937. The molecular weight excluding hydrogens is 395 g/mol. The molecule has 0 heterocycles. The van der Waals surface area contributed by atoms with E-state index in [1.54, 1.807) is 12.1 Å². The average Bonchev–Trinajstić information content (AvgIpc) is 2.59. The van der Waals surface area contributed by atoms with Gasteiger partial charge in [-0.1, -0.05) is 0 Å². The van der Waals surface area contributed by atoms with Crippen LogP contribution in [0, 0.1) is 6.92 Å². The number of benzene rings is 2. The van der Waals surface area contributed by atoms with Crippen molar-refractivity contribution >= 4 is 29.3 Å². The van der Waals surface area contributed by atoms with E-state index in [9.17, 15) is 8.42 Å². The van der Waals surface area contributed by atoms with Crippen molar-refractivity contribution in [1.29, 1.82) is 0 Å². The summed E-state index contributed by atoms with van der Waals surface area (Å²) < 4.78 is 28.9. The summed E-state index contributed by atoms with van der Waals surface area (Å²) in [5, 5.41) is 0. The van der Waals surface area contributed by atoms with Gasteiger partial charge in [-0.05, 0) is 0 Å². The Balaban J connectivity index is 2.06. The molecular formula is C21H22O2SSe. The van der Waals surface area contributed by atoms with Crippen LogP contribution in [0.1, 0.15) is 32.3 Å². The number of hydrogen-bond donors (Lipinski definition) is 0. The van der Waals surface area contributed by atoms with Crippen molar-refractivity contribution in [2.24, 2.45) is 0 Å². The van der Waals surface area contributed by atoms with Gasteiger partial charge < -0.3 is 0 Å². The molecule has 2 nitrogen and oxygen atoms in total. The normalized spacial score (nSPS) is 15.6. The van der Waals surface area contributed by atoms with E-state index in [1.807, 2.05) is 44.2 Å². The molecule has 2 aromatic rings. The van der Waals surface area contributed by atoms with Crippen molar-refractivity contribution in [3.63, 3.8) is 0 Å². The van der Waals surface area contributed by atoms with Gasteiger partial charge in [0, 0.05) is 0 Å². The molecule has 0 N–H and O–H groups in total. The van der Waals surface area contributed by atoms with Crippen LogP contribution >= 0.6 is 0 Å². The van der Waals surface area contributed by atoms with Gasteiger partial charge in [-0.2, -0.15) is 0 Å². The third-order valence-corrected chi connectivity index (χ3v) is 9.16. The Labute approximate surface area is 156 Å². The van der Waals surface area contributed by atoms with E-state index in [2.05, 4.69) is 19.1 Å². The fraction of sp³-hybridized carbons (Fsp3) is 0.238. The van der Waals surface area contributed by atoms with Gasteiger partial charge in [-0.25, -0.2) is 0 Å². The van der Waals surface area contributed by atoms with Crippen molar-refractivity contribution < 1.29 is 8.42 Å². The van der Waals surface area contributed by atoms with Crippen LogP contribution < -0.4 is 4.46 Å². The molecule has 1 aliphatic rings. The van der Waals surface area contributed by atoms with Crippen molar-refractivity contribution in [2.45, 2.75) is 38.5 Å². The van der Waals surface area contributed by atoms with E-state index in [0.717, 1.165) is 16.5 Å². The molecule has 2 aromatic carbocycles. The molecule has 3 rings (SSSR count). The molecule has 0 unspecified atom stereocenters. The molecule has 130 valence electrons. The molecule has 0 fully saturated rings. The van der Waals surface area contributed by atoms with Crippen molar-refractivity contribution in [1.82, 2.24) is 0 Å². The third kappa shape index (κ3) is 3.98. The first kappa shape index (κ1) is 18.2. The number of hydrogen-bond acceptors (Lipinski definition) is 2. The van der Waals surface area contributed by atoms with Gasteiger partial charge in [0.1, 0.15) is 0 Å².